The van der Waals surface area contributed by atoms with Crippen molar-refractivity contribution in [2.45, 2.75) is 12.5 Å². The van der Waals surface area contributed by atoms with Crippen LogP contribution in [0.3, 0.4) is 0 Å². The molecule has 3 heterocycles. The summed E-state index contributed by atoms with van der Waals surface area (Å²) < 4.78 is 0. The van der Waals surface area contributed by atoms with Crippen LogP contribution in [0.15, 0.2) is 30.6 Å². The zero-order valence-corrected chi connectivity index (χ0v) is 11.1. The van der Waals surface area contributed by atoms with Crippen molar-refractivity contribution in [1.82, 2.24) is 24.8 Å². The summed E-state index contributed by atoms with van der Waals surface area (Å²) in [5.41, 5.74) is 3.40. The van der Waals surface area contributed by atoms with Gasteiger partial charge >= 0.3 is 6.09 Å². The van der Waals surface area contributed by atoms with E-state index < -0.39 is 12.1 Å². The predicted molar refractivity (Wildman–Crippen MR) is 75.0 cm³/mol. The van der Waals surface area contributed by atoms with Crippen LogP contribution >= 0.6 is 0 Å². The van der Waals surface area contributed by atoms with E-state index >= 15 is 0 Å². The highest BCUT2D eigenvalue weighted by molar-refractivity contribution is 5.75. The molecule has 1 aromatic carbocycles. The molecule has 2 aromatic heterocycles. The van der Waals surface area contributed by atoms with Gasteiger partial charge in [0, 0.05) is 18.7 Å². The van der Waals surface area contributed by atoms with Gasteiger partial charge in [-0.15, -0.1) is 0 Å². The molecule has 106 valence electrons. The number of amides is 1. The van der Waals surface area contributed by atoms with Gasteiger partial charge in [0.15, 0.2) is 0 Å². The van der Waals surface area contributed by atoms with E-state index in [4.69, 9.17) is 0 Å². The van der Waals surface area contributed by atoms with Gasteiger partial charge in [-0.05, 0) is 12.1 Å². The van der Waals surface area contributed by atoms with E-state index in [1.165, 1.54) is 4.90 Å². The van der Waals surface area contributed by atoms with E-state index in [9.17, 15) is 9.90 Å². The van der Waals surface area contributed by atoms with Gasteiger partial charge < -0.3 is 15.1 Å². The number of aromatic nitrogens is 4. The monoisotopic (exact) mass is 283 g/mol. The fourth-order valence-corrected chi connectivity index (χ4v) is 2.86. The van der Waals surface area contributed by atoms with Crippen LogP contribution in [0, 0.1) is 0 Å². The van der Waals surface area contributed by atoms with Crippen molar-refractivity contribution in [2.75, 3.05) is 6.54 Å². The summed E-state index contributed by atoms with van der Waals surface area (Å²) in [5.74, 6) is 0.603. The Kier molecular flexibility index (Phi) is 2.47. The minimum Gasteiger partial charge on any atom is -0.465 e. The topological polar surface area (TPSA) is 97.9 Å². The first kappa shape index (κ1) is 12.0. The number of nitrogens with zero attached hydrogens (tertiary/aromatic N) is 3. The predicted octanol–water partition coefficient (Wildman–Crippen LogP) is 1.91. The number of nitrogens with one attached hydrogen (secondary N) is 2. The molecule has 21 heavy (non-hydrogen) atoms. The first-order valence-electron chi connectivity index (χ1n) is 6.70. The summed E-state index contributed by atoms with van der Waals surface area (Å²) in [6.07, 6.45) is 1.28. The minimum absolute atomic E-state index is 0.423. The maximum absolute atomic E-state index is 11.5. The Morgan fingerprint density at radius 1 is 1.38 bits per heavy atom. The molecule has 1 amide bonds. The summed E-state index contributed by atoms with van der Waals surface area (Å²) in [6, 6.07) is 7.15. The lowest BCUT2D eigenvalue weighted by molar-refractivity contribution is 0.126. The van der Waals surface area contributed by atoms with Gasteiger partial charge in [-0.1, -0.05) is 12.1 Å². The maximum atomic E-state index is 11.5. The second-order valence-electron chi connectivity index (χ2n) is 5.03. The van der Waals surface area contributed by atoms with Crippen LogP contribution in [0.1, 0.15) is 23.3 Å². The third kappa shape index (κ3) is 1.78. The van der Waals surface area contributed by atoms with Crippen LogP contribution in [-0.4, -0.2) is 42.6 Å². The maximum Gasteiger partial charge on any atom is 0.408 e. The lowest BCUT2D eigenvalue weighted by Gasteiger charge is -2.31. The zero-order chi connectivity index (χ0) is 14.4. The third-order valence-electron chi connectivity index (χ3n) is 3.84. The molecule has 0 spiro atoms. The Bertz CT molecular complexity index is 789. The molecule has 3 N–H and O–H groups in total. The third-order valence-corrected chi connectivity index (χ3v) is 3.84. The van der Waals surface area contributed by atoms with Gasteiger partial charge in [0.05, 0.1) is 23.1 Å². The molecule has 0 saturated heterocycles. The molecule has 0 bridgehead atoms. The number of hydrogen-bond acceptors (Lipinski definition) is 3. The zero-order valence-electron chi connectivity index (χ0n) is 11.1. The summed E-state index contributed by atoms with van der Waals surface area (Å²) in [7, 11) is 0. The van der Waals surface area contributed by atoms with Gasteiger partial charge in [0.25, 0.3) is 0 Å². The van der Waals surface area contributed by atoms with Gasteiger partial charge in [-0.3, -0.25) is 4.90 Å². The number of rotatable bonds is 1. The molecule has 1 aliphatic rings. The highest BCUT2D eigenvalue weighted by Gasteiger charge is 2.36. The van der Waals surface area contributed by atoms with Gasteiger partial charge in [-0.25, -0.2) is 14.8 Å². The molecule has 7 heteroatoms. The molecule has 0 radical (unpaired) electrons. The Morgan fingerprint density at radius 2 is 2.24 bits per heavy atom. The number of carboxylic acid groups (broad SMARTS) is 1. The SMILES string of the molecule is O=C(O)N1CCc2[nH]cnc2[C@H]1c1nc2ccccc2[nH]1. The molecular weight excluding hydrogens is 270 g/mol. The normalized spacial score (nSPS) is 17.9. The number of carbonyl (C=O) groups is 1. The van der Waals surface area contributed by atoms with Crippen LogP contribution in [0.2, 0.25) is 0 Å². The highest BCUT2D eigenvalue weighted by atomic mass is 16.4. The molecular formula is C14H13N5O2. The van der Waals surface area contributed by atoms with Crippen LogP contribution in [0.25, 0.3) is 11.0 Å². The largest absolute Gasteiger partial charge is 0.465 e. The number of hydrogen-bond donors (Lipinski definition) is 3. The van der Waals surface area contributed by atoms with Crippen molar-refractivity contribution in [2.24, 2.45) is 0 Å². The van der Waals surface area contributed by atoms with E-state index in [1.54, 1.807) is 6.33 Å². The highest BCUT2D eigenvalue weighted by Crippen LogP contribution is 2.32. The average molecular weight is 283 g/mol. The van der Waals surface area contributed by atoms with E-state index in [0.717, 1.165) is 22.4 Å². The van der Waals surface area contributed by atoms with E-state index in [-0.39, 0.29) is 0 Å². The van der Waals surface area contributed by atoms with Crippen molar-refractivity contribution >= 4 is 17.1 Å². The molecule has 4 rings (SSSR count). The smallest absolute Gasteiger partial charge is 0.408 e. The molecule has 1 atom stereocenters. The number of H-pyrrole nitrogens is 2. The van der Waals surface area contributed by atoms with Crippen molar-refractivity contribution in [3.8, 4) is 0 Å². The van der Waals surface area contributed by atoms with Crippen LogP contribution < -0.4 is 0 Å². The first-order valence-corrected chi connectivity index (χ1v) is 6.70. The molecule has 0 saturated carbocycles. The van der Waals surface area contributed by atoms with Crippen LogP contribution in [0.4, 0.5) is 4.79 Å². The van der Waals surface area contributed by atoms with Gasteiger partial charge in [0.1, 0.15) is 11.9 Å². The number of para-hydroxylation sites is 2. The van der Waals surface area contributed by atoms with Gasteiger partial charge in [0.2, 0.25) is 0 Å². The summed E-state index contributed by atoms with van der Waals surface area (Å²) in [6.45, 7) is 0.423. The Labute approximate surface area is 119 Å². The van der Waals surface area contributed by atoms with E-state index in [2.05, 4.69) is 19.9 Å². The van der Waals surface area contributed by atoms with Crippen molar-refractivity contribution in [3.63, 3.8) is 0 Å². The lowest BCUT2D eigenvalue weighted by Crippen LogP contribution is -2.40. The number of aromatic amines is 2. The van der Waals surface area contributed by atoms with Gasteiger partial charge in [-0.2, -0.15) is 0 Å². The Morgan fingerprint density at radius 3 is 3.05 bits per heavy atom. The minimum atomic E-state index is -0.964. The number of imidazole rings is 2. The fraction of sp³-hybridized carbons (Fsp3) is 0.214. The van der Waals surface area contributed by atoms with E-state index in [0.29, 0.717) is 18.8 Å². The molecule has 0 fully saturated rings. The standard InChI is InChI=1S/C14H13N5O2/c20-14(21)19-6-5-10-11(16-7-15-10)12(19)13-17-8-3-1-2-4-9(8)18-13/h1-4,7,12H,5-6H2,(H,15,16)(H,17,18)(H,20,21)/t12-/m0/s1. The van der Waals surface area contributed by atoms with Crippen molar-refractivity contribution in [1.29, 1.82) is 0 Å². The second-order valence-corrected chi connectivity index (χ2v) is 5.03. The quantitative estimate of drug-likeness (QED) is 0.635. The summed E-state index contributed by atoms with van der Waals surface area (Å²) >= 11 is 0. The Hall–Kier alpha value is -2.83. The molecule has 0 aliphatic carbocycles. The van der Waals surface area contributed by atoms with Crippen LogP contribution in [-0.2, 0) is 6.42 Å². The Balaban J connectivity index is 1.88. The van der Waals surface area contributed by atoms with Crippen molar-refractivity contribution < 1.29 is 9.90 Å². The van der Waals surface area contributed by atoms with E-state index in [1.807, 2.05) is 24.3 Å². The van der Waals surface area contributed by atoms with Crippen LogP contribution in [0.5, 0.6) is 0 Å². The molecule has 7 nitrogen and oxygen atoms in total. The number of fused-ring (bicyclic) bond motifs is 2. The fourth-order valence-electron chi connectivity index (χ4n) is 2.86. The van der Waals surface area contributed by atoms with Crippen molar-refractivity contribution in [3.05, 3.63) is 47.8 Å². The second kappa shape index (κ2) is 4.34. The number of benzene rings is 1. The average Bonchev–Trinajstić information content (AvgIpc) is 3.11. The summed E-state index contributed by atoms with van der Waals surface area (Å²) in [4.78, 5) is 28.0. The molecule has 3 aromatic rings. The summed E-state index contributed by atoms with van der Waals surface area (Å²) in [5, 5.41) is 9.45. The lowest BCUT2D eigenvalue weighted by atomic mass is 10.0. The first-order chi connectivity index (χ1) is 10.2. The molecule has 0 unspecified atom stereocenters. The molecule has 1 aliphatic heterocycles.